The summed E-state index contributed by atoms with van der Waals surface area (Å²) in [5.74, 6) is -0.438. The lowest BCUT2D eigenvalue weighted by atomic mass is 10.1. The van der Waals surface area contributed by atoms with Crippen LogP contribution in [0.5, 0.6) is 0 Å². The number of nitrogens with one attached hydrogen (secondary N) is 1. The fraction of sp³-hybridized carbons (Fsp3) is 0.0870. The molecule has 0 spiro atoms. The van der Waals surface area contributed by atoms with E-state index in [2.05, 4.69) is 41.7 Å². The summed E-state index contributed by atoms with van der Waals surface area (Å²) in [4.78, 5) is 24.9. The molecule has 0 saturated carbocycles. The van der Waals surface area contributed by atoms with Gasteiger partial charge < -0.3 is 0 Å². The quantitative estimate of drug-likeness (QED) is 0.567. The predicted molar refractivity (Wildman–Crippen MR) is 113 cm³/mol. The normalized spacial score (nSPS) is 14.7. The number of hydrogen-bond acceptors (Lipinski definition) is 2. The van der Waals surface area contributed by atoms with Gasteiger partial charge in [-0.25, -0.2) is 0 Å². The van der Waals surface area contributed by atoms with Gasteiger partial charge in [0.15, 0.2) is 0 Å². The molecule has 27 heavy (non-hydrogen) atoms. The van der Waals surface area contributed by atoms with Crippen molar-refractivity contribution in [3.8, 4) is 0 Å². The Morgan fingerprint density at radius 3 is 1.37 bits per heavy atom. The third kappa shape index (κ3) is 3.05. The Hall–Kier alpha value is -2.90. The first-order chi connectivity index (χ1) is 13.2. The topological polar surface area (TPSA) is 46.2 Å². The van der Waals surface area contributed by atoms with Crippen molar-refractivity contribution >= 4 is 39.9 Å². The summed E-state index contributed by atoms with van der Waals surface area (Å²) in [6.45, 7) is -2.36. The molecular formula is C23H20NO2P. The second-order valence-electron chi connectivity index (χ2n) is 6.50. The molecule has 4 rings (SSSR count). The van der Waals surface area contributed by atoms with Crippen LogP contribution in [0.15, 0.2) is 91.0 Å². The first-order valence-electron chi connectivity index (χ1n) is 8.99. The highest BCUT2D eigenvalue weighted by molar-refractivity contribution is 7.96. The van der Waals surface area contributed by atoms with Crippen LogP contribution in [0.1, 0.15) is 12.8 Å². The average molecular weight is 373 g/mol. The Morgan fingerprint density at radius 2 is 1.00 bits per heavy atom. The predicted octanol–water partition coefficient (Wildman–Crippen LogP) is 2.59. The minimum absolute atomic E-state index is 0.198. The summed E-state index contributed by atoms with van der Waals surface area (Å²) >= 11 is 0. The molecule has 1 heterocycles. The molecule has 2 amide bonds. The smallest absolute Gasteiger partial charge is 0.254 e. The van der Waals surface area contributed by atoms with Gasteiger partial charge in [0.25, 0.3) is 5.91 Å². The molecule has 1 N–H and O–H groups in total. The molecule has 3 aromatic carbocycles. The maximum Gasteiger partial charge on any atom is 0.254 e. The molecular weight excluding hydrogens is 353 g/mol. The van der Waals surface area contributed by atoms with Crippen LogP contribution in [0.3, 0.4) is 0 Å². The highest BCUT2D eigenvalue weighted by Gasteiger charge is 2.35. The molecule has 0 radical (unpaired) electrons. The average Bonchev–Trinajstić information content (AvgIpc) is 2.72. The van der Waals surface area contributed by atoms with E-state index in [4.69, 9.17) is 0 Å². The second-order valence-corrected chi connectivity index (χ2v) is 9.93. The number of rotatable bonds is 3. The Balaban J connectivity index is 2.18. The van der Waals surface area contributed by atoms with Crippen molar-refractivity contribution in [2.45, 2.75) is 12.8 Å². The van der Waals surface area contributed by atoms with Gasteiger partial charge in [0.1, 0.15) is 0 Å². The van der Waals surface area contributed by atoms with Crippen LogP contribution < -0.4 is 21.2 Å². The zero-order valence-electron chi connectivity index (χ0n) is 14.8. The van der Waals surface area contributed by atoms with Gasteiger partial charge in [0.2, 0.25) is 5.91 Å². The van der Waals surface area contributed by atoms with Gasteiger partial charge in [-0.15, -0.1) is 0 Å². The van der Waals surface area contributed by atoms with E-state index in [0.29, 0.717) is 12.8 Å². The van der Waals surface area contributed by atoms with Crippen molar-refractivity contribution in [1.82, 2.24) is 5.32 Å². The summed E-state index contributed by atoms with van der Waals surface area (Å²) in [5.41, 5.74) is 0. The fourth-order valence-electron chi connectivity index (χ4n) is 3.80. The number of piperidine rings is 1. The van der Waals surface area contributed by atoms with E-state index in [-0.39, 0.29) is 11.8 Å². The molecule has 0 atom stereocenters. The van der Waals surface area contributed by atoms with Crippen LogP contribution in [0.4, 0.5) is 0 Å². The Bertz CT molecular complexity index is 924. The van der Waals surface area contributed by atoms with Crippen molar-refractivity contribution in [1.29, 1.82) is 0 Å². The molecule has 1 aliphatic rings. The maximum absolute atomic E-state index is 13.0. The molecule has 0 aliphatic carbocycles. The lowest BCUT2D eigenvalue weighted by molar-refractivity contribution is -0.128. The van der Waals surface area contributed by atoms with E-state index in [1.165, 1.54) is 0 Å². The van der Waals surface area contributed by atoms with Gasteiger partial charge in [-0.3, -0.25) is 14.9 Å². The number of hydrogen-bond donors (Lipinski definition) is 1. The highest BCUT2D eigenvalue weighted by atomic mass is 31.2. The summed E-state index contributed by atoms with van der Waals surface area (Å²) in [6.07, 6.45) is 0.826. The number of imide groups is 1. The van der Waals surface area contributed by atoms with Crippen LogP contribution in [-0.4, -0.2) is 17.1 Å². The molecule has 1 fully saturated rings. The number of amides is 2. The first-order valence-corrected chi connectivity index (χ1v) is 10.8. The maximum atomic E-state index is 13.0. The molecule has 3 nitrogen and oxygen atoms in total. The Kier molecular flexibility index (Phi) is 4.79. The fourth-order valence-corrected chi connectivity index (χ4v) is 8.29. The number of benzene rings is 3. The van der Waals surface area contributed by atoms with Crippen molar-refractivity contribution in [3.63, 3.8) is 0 Å². The van der Waals surface area contributed by atoms with Crippen LogP contribution in [0, 0.1) is 0 Å². The van der Waals surface area contributed by atoms with Gasteiger partial charge in [-0.05, 0) is 29.2 Å². The molecule has 4 heteroatoms. The molecule has 1 aliphatic heterocycles. The molecule has 134 valence electrons. The summed E-state index contributed by atoms with van der Waals surface area (Å²) in [5, 5.41) is 6.75. The van der Waals surface area contributed by atoms with Gasteiger partial charge in [0.05, 0.1) is 0 Å². The minimum Gasteiger partial charge on any atom is -0.293 e. The molecule has 1 saturated heterocycles. The Morgan fingerprint density at radius 1 is 0.593 bits per heavy atom. The van der Waals surface area contributed by atoms with Crippen LogP contribution >= 0.6 is 6.89 Å². The molecule has 0 unspecified atom stereocenters. The number of carbonyl (C=O) groups is 2. The highest BCUT2D eigenvalue weighted by Crippen LogP contribution is 2.47. The largest absolute Gasteiger partial charge is 0.293 e. The summed E-state index contributed by atoms with van der Waals surface area (Å²) < 4.78 is 0. The van der Waals surface area contributed by atoms with Gasteiger partial charge in [-0.2, -0.15) is 0 Å². The van der Waals surface area contributed by atoms with Crippen molar-refractivity contribution < 1.29 is 9.59 Å². The third-order valence-electron chi connectivity index (χ3n) is 4.94. The van der Waals surface area contributed by atoms with Crippen LogP contribution in [-0.2, 0) is 9.59 Å². The lowest BCUT2D eigenvalue weighted by Gasteiger charge is -2.33. The van der Waals surface area contributed by atoms with Gasteiger partial charge in [-0.1, -0.05) is 91.0 Å². The van der Waals surface area contributed by atoms with Crippen molar-refractivity contribution in [3.05, 3.63) is 91.0 Å². The van der Waals surface area contributed by atoms with Gasteiger partial charge >= 0.3 is 0 Å². The monoisotopic (exact) mass is 373 g/mol. The zero-order chi connectivity index (χ0) is 18.7. The van der Waals surface area contributed by atoms with E-state index in [1.807, 2.05) is 54.6 Å². The molecule has 3 aromatic rings. The van der Waals surface area contributed by atoms with Crippen molar-refractivity contribution in [2.75, 3.05) is 0 Å². The second kappa shape index (κ2) is 7.38. The number of carbonyl (C=O) groups excluding carboxylic acids is 2. The summed E-state index contributed by atoms with van der Waals surface area (Å²) in [7, 11) is 0. The van der Waals surface area contributed by atoms with Gasteiger partial charge in [0, 0.05) is 11.7 Å². The first kappa shape index (κ1) is 17.5. The van der Waals surface area contributed by atoms with E-state index in [0.717, 1.165) is 21.2 Å². The molecule has 0 bridgehead atoms. The SMILES string of the molecule is O=C1CCC(=P(c2ccccc2)(c2ccccc2)c2ccccc2)C(=O)N1. The van der Waals surface area contributed by atoms with E-state index >= 15 is 0 Å². The van der Waals surface area contributed by atoms with E-state index < -0.39 is 6.89 Å². The standard InChI is InChI=1S/C23H20NO2P/c25-22-17-16-21(23(26)24-22)27(18-10-4-1-5-11-18,19-12-6-2-7-13-19)20-14-8-3-9-15-20/h1-15H,16-17H2,(H,24,25,26). The lowest BCUT2D eigenvalue weighted by Crippen LogP contribution is -2.45. The molecule has 0 aromatic heterocycles. The Labute approximate surface area is 159 Å². The summed E-state index contributed by atoms with van der Waals surface area (Å²) in [6, 6.07) is 30.7. The van der Waals surface area contributed by atoms with E-state index in [1.54, 1.807) is 0 Å². The van der Waals surface area contributed by atoms with Crippen molar-refractivity contribution in [2.24, 2.45) is 0 Å². The zero-order valence-corrected chi connectivity index (χ0v) is 15.7. The van der Waals surface area contributed by atoms with Crippen LogP contribution in [0.25, 0.3) is 0 Å². The van der Waals surface area contributed by atoms with Crippen LogP contribution in [0.2, 0.25) is 0 Å². The third-order valence-corrected chi connectivity index (χ3v) is 9.39. The van der Waals surface area contributed by atoms with E-state index in [9.17, 15) is 9.59 Å². The minimum atomic E-state index is -2.36.